The van der Waals surface area contributed by atoms with Gasteiger partial charge in [-0.2, -0.15) is 11.8 Å². The first-order valence-electron chi connectivity index (χ1n) is 5.76. The predicted octanol–water partition coefficient (Wildman–Crippen LogP) is 2.25. The average Bonchev–Trinajstić information content (AvgIpc) is 2.74. The highest BCUT2D eigenvalue weighted by molar-refractivity contribution is 7.99. The molecule has 90 valence electrons. The van der Waals surface area contributed by atoms with Crippen molar-refractivity contribution in [3.8, 4) is 0 Å². The zero-order valence-electron chi connectivity index (χ0n) is 9.45. The third-order valence-electron chi connectivity index (χ3n) is 2.99. The van der Waals surface area contributed by atoms with Gasteiger partial charge in [-0.15, -0.1) is 0 Å². The lowest BCUT2D eigenvalue weighted by molar-refractivity contribution is 0.288. The number of H-pyrrole nitrogens is 1. The van der Waals surface area contributed by atoms with Crippen LogP contribution in [0.5, 0.6) is 0 Å². The minimum Gasteiger partial charge on any atom is -0.341 e. The van der Waals surface area contributed by atoms with Crippen molar-refractivity contribution in [1.82, 2.24) is 14.9 Å². The van der Waals surface area contributed by atoms with Gasteiger partial charge in [0.05, 0.1) is 12.1 Å². The summed E-state index contributed by atoms with van der Waals surface area (Å²) < 4.78 is 13.5. The van der Waals surface area contributed by atoms with Gasteiger partial charge in [-0.25, -0.2) is 9.37 Å². The van der Waals surface area contributed by atoms with Crippen LogP contribution in [0.2, 0.25) is 0 Å². The SMILES string of the molecule is Fc1cccc2[nH]c(CN3CCSCC3)nc12. The van der Waals surface area contributed by atoms with Crippen LogP contribution in [0.4, 0.5) is 4.39 Å². The summed E-state index contributed by atoms with van der Waals surface area (Å²) in [6.45, 7) is 2.96. The molecule has 0 saturated carbocycles. The van der Waals surface area contributed by atoms with Gasteiger partial charge in [0.2, 0.25) is 0 Å². The largest absolute Gasteiger partial charge is 0.341 e. The van der Waals surface area contributed by atoms with Crippen molar-refractivity contribution in [2.45, 2.75) is 6.54 Å². The molecule has 1 N–H and O–H groups in total. The van der Waals surface area contributed by atoms with Gasteiger partial charge in [0.1, 0.15) is 11.3 Å². The van der Waals surface area contributed by atoms with Crippen molar-refractivity contribution in [2.75, 3.05) is 24.6 Å². The van der Waals surface area contributed by atoms with Crippen molar-refractivity contribution in [2.24, 2.45) is 0 Å². The molecule has 0 atom stereocenters. The van der Waals surface area contributed by atoms with E-state index >= 15 is 0 Å². The van der Waals surface area contributed by atoms with Gasteiger partial charge in [-0.1, -0.05) is 6.07 Å². The molecule has 0 radical (unpaired) electrons. The molecule has 5 heteroatoms. The number of hydrogen-bond donors (Lipinski definition) is 1. The number of fused-ring (bicyclic) bond motifs is 1. The summed E-state index contributed by atoms with van der Waals surface area (Å²) in [7, 11) is 0. The van der Waals surface area contributed by atoms with E-state index in [1.807, 2.05) is 17.8 Å². The van der Waals surface area contributed by atoms with E-state index in [0.717, 1.165) is 31.0 Å². The second kappa shape index (κ2) is 4.66. The van der Waals surface area contributed by atoms with Crippen molar-refractivity contribution in [3.05, 3.63) is 29.8 Å². The number of rotatable bonds is 2. The molecule has 0 unspecified atom stereocenters. The quantitative estimate of drug-likeness (QED) is 0.888. The molecular weight excluding hydrogens is 237 g/mol. The molecule has 1 fully saturated rings. The smallest absolute Gasteiger partial charge is 0.151 e. The van der Waals surface area contributed by atoms with E-state index in [0.29, 0.717) is 5.52 Å². The standard InChI is InChI=1S/C12H14FN3S/c13-9-2-1-3-10-12(9)15-11(14-10)8-16-4-6-17-7-5-16/h1-3H,4-8H2,(H,14,15). The van der Waals surface area contributed by atoms with Crippen molar-refractivity contribution in [3.63, 3.8) is 0 Å². The third-order valence-corrected chi connectivity index (χ3v) is 3.93. The number of aromatic nitrogens is 2. The Bertz CT molecular complexity index is 519. The Kier molecular flexibility index (Phi) is 3.03. The van der Waals surface area contributed by atoms with Crippen LogP contribution in [0.25, 0.3) is 11.0 Å². The zero-order chi connectivity index (χ0) is 11.7. The predicted molar refractivity (Wildman–Crippen MR) is 68.7 cm³/mol. The van der Waals surface area contributed by atoms with Gasteiger partial charge < -0.3 is 4.98 Å². The Morgan fingerprint density at radius 1 is 1.35 bits per heavy atom. The lowest BCUT2D eigenvalue weighted by Crippen LogP contribution is -2.32. The summed E-state index contributed by atoms with van der Waals surface area (Å²) in [5, 5.41) is 0. The maximum atomic E-state index is 13.5. The highest BCUT2D eigenvalue weighted by Crippen LogP contribution is 2.17. The fourth-order valence-electron chi connectivity index (χ4n) is 2.09. The minimum absolute atomic E-state index is 0.251. The van der Waals surface area contributed by atoms with E-state index in [1.54, 1.807) is 6.07 Å². The van der Waals surface area contributed by atoms with Crippen molar-refractivity contribution in [1.29, 1.82) is 0 Å². The van der Waals surface area contributed by atoms with Gasteiger partial charge in [0.25, 0.3) is 0 Å². The first kappa shape index (κ1) is 11.0. The number of hydrogen-bond acceptors (Lipinski definition) is 3. The van der Waals surface area contributed by atoms with Gasteiger partial charge >= 0.3 is 0 Å². The van der Waals surface area contributed by atoms with Crippen LogP contribution in [-0.2, 0) is 6.54 Å². The van der Waals surface area contributed by atoms with E-state index < -0.39 is 0 Å². The van der Waals surface area contributed by atoms with Crippen LogP contribution in [0.1, 0.15) is 5.82 Å². The molecule has 2 aromatic rings. The lowest BCUT2D eigenvalue weighted by Gasteiger charge is -2.24. The van der Waals surface area contributed by atoms with Crippen LogP contribution in [-0.4, -0.2) is 39.5 Å². The number of benzene rings is 1. The zero-order valence-corrected chi connectivity index (χ0v) is 10.3. The van der Waals surface area contributed by atoms with E-state index in [9.17, 15) is 4.39 Å². The van der Waals surface area contributed by atoms with Crippen molar-refractivity contribution >= 4 is 22.8 Å². The van der Waals surface area contributed by atoms with E-state index in [-0.39, 0.29) is 5.82 Å². The number of aromatic amines is 1. The normalized spacial score (nSPS) is 17.7. The number of halogens is 1. The summed E-state index contributed by atoms with van der Waals surface area (Å²) in [6, 6.07) is 5.02. The molecule has 0 spiro atoms. The Hall–Kier alpha value is -1.07. The lowest BCUT2D eigenvalue weighted by atomic mass is 10.3. The molecule has 1 aromatic heterocycles. The van der Waals surface area contributed by atoms with Crippen LogP contribution in [0.15, 0.2) is 18.2 Å². The van der Waals surface area contributed by atoms with E-state index in [1.165, 1.54) is 17.6 Å². The van der Waals surface area contributed by atoms with Crippen LogP contribution < -0.4 is 0 Å². The van der Waals surface area contributed by atoms with Gasteiger partial charge in [0.15, 0.2) is 5.82 Å². The Balaban J connectivity index is 1.83. The molecule has 1 aliphatic rings. The monoisotopic (exact) mass is 251 g/mol. The number of para-hydroxylation sites is 1. The molecule has 17 heavy (non-hydrogen) atoms. The molecule has 3 rings (SSSR count). The number of imidazole rings is 1. The van der Waals surface area contributed by atoms with Crippen LogP contribution in [0, 0.1) is 5.82 Å². The molecule has 1 saturated heterocycles. The van der Waals surface area contributed by atoms with Gasteiger partial charge in [0, 0.05) is 24.6 Å². The third kappa shape index (κ3) is 2.30. The molecule has 0 aliphatic carbocycles. The second-order valence-electron chi connectivity index (χ2n) is 4.21. The summed E-state index contributed by atoms with van der Waals surface area (Å²) in [6.07, 6.45) is 0. The van der Waals surface area contributed by atoms with Crippen LogP contribution in [0.3, 0.4) is 0 Å². The Morgan fingerprint density at radius 3 is 2.94 bits per heavy atom. The average molecular weight is 251 g/mol. The highest BCUT2D eigenvalue weighted by atomic mass is 32.2. The molecular formula is C12H14FN3S. The minimum atomic E-state index is -0.251. The maximum Gasteiger partial charge on any atom is 0.151 e. The summed E-state index contributed by atoms with van der Waals surface area (Å²) in [5.41, 5.74) is 1.24. The summed E-state index contributed by atoms with van der Waals surface area (Å²) in [4.78, 5) is 9.86. The fraction of sp³-hybridized carbons (Fsp3) is 0.417. The Labute approximate surface area is 103 Å². The number of nitrogens with zero attached hydrogens (tertiary/aromatic N) is 2. The molecule has 3 nitrogen and oxygen atoms in total. The first-order valence-corrected chi connectivity index (χ1v) is 6.91. The maximum absolute atomic E-state index is 13.5. The molecule has 0 bridgehead atoms. The molecule has 0 amide bonds. The molecule has 2 heterocycles. The van der Waals surface area contributed by atoms with E-state index in [2.05, 4.69) is 14.9 Å². The second-order valence-corrected chi connectivity index (χ2v) is 5.43. The molecule has 1 aromatic carbocycles. The van der Waals surface area contributed by atoms with Gasteiger partial charge in [-0.3, -0.25) is 4.90 Å². The summed E-state index contributed by atoms with van der Waals surface area (Å²) in [5.74, 6) is 2.96. The number of thioether (sulfide) groups is 1. The van der Waals surface area contributed by atoms with Crippen LogP contribution >= 0.6 is 11.8 Å². The van der Waals surface area contributed by atoms with Crippen molar-refractivity contribution < 1.29 is 4.39 Å². The summed E-state index contributed by atoms with van der Waals surface area (Å²) >= 11 is 1.98. The van der Waals surface area contributed by atoms with E-state index in [4.69, 9.17) is 0 Å². The molecule has 1 aliphatic heterocycles. The van der Waals surface area contributed by atoms with Gasteiger partial charge in [-0.05, 0) is 12.1 Å². The number of nitrogens with one attached hydrogen (secondary N) is 1. The highest BCUT2D eigenvalue weighted by Gasteiger charge is 2.13. The first-order chi connectivity index (χ1) is 8.33. The fourth-order valence-corrected chi connectivity index (χ4v) is 3.07. The topological polar surface area (TPSA) is 31.9 Å². The Morgan fingerprint density at radius 2 is 2.18 bits per heavy atom.